The van der Waals surface area contributed by atoms with E-state index in [-0.39, 0.29) is 22.7 Å². The van der Waals surface area contributed by atoms with Crippen LogP contribution in [0.15, 0.2) is 17.0 Å². The van der Waals surface area contributed by atoms with Crippen molar-refractivity contribution in [3.8, 4) is 0 Å². The molecule has 0 radical (unpaired) electrons. The Labute approximate surface area is 124 Å². The maximum Gasteiger partial charge on any atom is 0.241 e. The molecule has 5 nitrogen and oxygen atoms in total. The van der Waals surface area contributed by atoms with E-state index < -0.39 is 10.0 Å². The average Bonchev–Trinajstić information content (AvgIpc) is 2.33. The third-order valence-corrected chi connectivity index (χ3v) is 5.38. The number of benzene rings is 1. The van der Waals surface area contributed by atoms with Gasteiger partial charge in [0.05, 0.1) is 21.7 Å². The second kappa shape index (κ2) is 5.89. The number of halogens is 1. The van der Waals surface area contributed by atoms with Crippen LogP contribution in [0.2, 0.25) is 5.02 Å². The van der Waals surface area contributed by atoms with Crippen LogP contribution in [0.3, 0.4) is 0 Å². The van der Waals surface area contributed by atoms with Gasteiger partial charge in [-0.15, -0.1) is 0 Å². The number of hydrogen-bond donors (Lipinski definition) is 2. The van der Waals surface area contributed by atoms with Gasteiger partial charge in [0, 0.05) is 12.6 Å². The standard InChI is InChI=1S/C13H19ClN2O3S/c1-8-5-11(14)12(15)7-13(8)20(17,18)16-10-3-4-19-9(2)6-10/h5,7,9-10,16H,3-4,6,15H2,1-2H3. The molecule has 112 valence electrons. The molecule has 1 saturated heterocycles. The average molecular weight is 319 g/mol. The highest BCUT2D eigenvalue weighted by atomic mass is 35.5. The van der Waals surface area contributed by atoms with Crippen molar-refractivity contribution in [2.24, 2.45) is 0 Å². The number of hydrogen-bond acceptors (Lipinski definition) is 4. The van der Waals surface area contributed by atoms with Gasteiger partial charge >= 0.3 is 0 Å². The molecule has 1 aliphatic rings. The number of nitrogens with two attached hydrogens (primary N) is 1. The van der Waals surface area contributed by atoms with Crippen LogP contribution in [-0.2, 0) is 14.8 Å². The molecule has 7 heteroatoms. The number of aryl methyl sites for hydroxylation is 1. The summed E-state index contributed by atoms with van der Waals surface area (Å²) in [5, 5.41) is 0.362. The van der Waals surface area contributed by atoms with E-state index in [0.717, 1.165) is 0 Å². The minimum absolute atomic E-state index is 0.0628. The van der Waals surface area contributed by atoms with E-state index in [1.165, 1.54) is 6.07 Å². The lowest BCUT2D eigenvalue weighted by Gasteiger charge is -2.28. The predicted octanol–water partition coefficient (Wildman–Crippen LogP) is 2.08. The van der Waals surface area contributed by atoms with Crippen LogP contribution in [-0.4, -0.2) is 27.2 Å². The molecule has 0 aliphatic carbocycles. The number of nitrogens with one attached hydrogen (secondary N) is 1. The molecule has 0 saturated carbocycles. The predicted molar refractivity (Wildman–Crippen MR) is 79.4 cm³/mol. The Hall–Kier alpha value is -0.820. The number of nitrogen functional groups attached to an aromatic ring is 1. The molecule has 1 heterocycles. The molecule has 1 aliphatic heterocycles. The molecule has 2 rings (SSSR count). The van der Waals surface area contributed by atoms with Crippen molar-refractivity contribution < 1.29 is 13.2 Å². The smallest absolute Gasteiger partial charge is 0.241 e. The van der Waals surface area contributed by atoms with Crippen LogP contribution in [0.5, 0.6) is 0 Å². The Kier molecular flexibility index (Phi) is 4.59. The fraction of sp³-hybridized carbons (Fsp3) is 0.538. The summed E-state index contributed by atoms with van der Waals surface area (Å²) >= 11 is 5.89. The van der Waals surface area contributed by atoms with E-state index in [4.69, 9.17) is 22.1 Å². The Morgan fingerprint density at radius 1 is 1.45 bits per heavy atom. The van der Waals surface area contributed by atoms with Crippen LogP contribution >= 0.6 is 11.6 Å². The lowest BCUT2D eigenvalue weighted by molar-refractivity contribution is 0.0173. The van der Waals surface area contributed by atoms with Crippen LogP contribution in [0, 0.1) is 6.92 Å². The Morgan fingerprint density at radius 3 is 2.80 bits per heavy atom. The summed E-state index contributed by atoms with van der Waals surface area (Å²) in [5.74, 6) is 0. The van der Waals surface area contributed by atoms with E-state index in [9.17, 15) is 8.42 Å². The summed E-state index contributed by atoms with van der Waals surface area (Å²) < 4.78 is 33.0. The highest BCUT2D eigenvalue weighted by Crippen LogP contribution is 2.27. The van der Waals surface area contributed by atoms with Crippen molar-refractivity contribution >= 4 is 27.3 Å². The first-order valence-corrected chi connectivity index (χ1v) is 8.35. The van der Waals surface area contributed by atoms with Crippen LogP contribution < -0.4 is 10.5 Å². The SMILES string of the molecule is Cc1cc(Cl)c(N)cc1S(=O)(=O)NC1CCOC(C)C1. The largest absolute Gasteiger partial charge is 0.397 e. The van der Waals surface area contributed by atoms with Crippen molar-refractivity contribution in [2.75, 3.05) is 12.3 Å². The van der Waals surface area contributed by atoms with Crippen molar-refractivity contribution in [3.63, 3.8) is 0 Å². The Morgan fingerprint density at radius 2 is 2.15 bits per heavy atom. The minimum atomic E-state index is -3.60. The zero-order chi connectivity index (χ0) is 14.9. The van der Waals surface area contributed by atoms with Crippen molar-refractivity contribution in [3.05, 3.63) is 22.7 Å². The summed E-state index contributed by atoms with van der Waals surface area (Å²) in [4.78, 5) is 0.179. The molecular weight excluding hydrogens is 300 g/mol. The number of anilines is 1. The Bertz CT molecular complexity index is 604. The van der Waals surface area contributed by atoms with Crippen molar-refractivity contribution in [1.29, 1.82) is 0 Å². The molecule has 0 bridgehead atoms. The summed E-state index contributed by atoms with van der Waals surface area (Å²) in [7, 11) is -3.60. The van der Waals surface area contributed by atoms with Gasteiger partial charge in [0.1, 0.15) is 0 Å². The minimum Gasteiger partial charge on any atom is -0.397 e. The summed E-state index contributed by atoms with van der Waals surface area (Å²) in [5.41, 5.74) is 6.54. The second-order valence-electron chi connectivity index (χ2n) is 5.16. The van der Waals surface area contributed by atoms with Gasteiger partial charge in [0.2, 0.25) is 10.0 Å². The monoisotopic (exact) mass is 318 g/mol. The second-order valence-corrected chi connectivity index (χ2v) is 7.25. The van der Waals surface area contributed by atoms with Gasteiger partial charge in [-0.1, -0.05) is 11.6 Å². The molecule has 0 aromatic heterocycles. The first-order valence-electron chi connectivity index (χ1n) is 6.49. The molecule has 0 spiro atoms. The highest BCUT2D eigenvalue weighted by molar-refractivity contribution is 7.89. The zero-order valence-corrected chi connectivity index (χ0v) is 13.1. The number of ether oxygens (including phenoxy) is 1. The molecular formula is C13H19ClN2O3S. The maximum atomic E-state index is 12.4. The Balaban J connectivity index is 2.24. The topological polar surface area (TPSA) is 81.4 Å². The van der Waals surface area contributed by atoms with Crippen LogP contribution in [0.4, 0.5) is 5.69 Å². The van der Waals surface area contributed by atoms with Crippen LogP contribution in [0.25, 0.3) is 0 Å². The first kappa shape index (κ1) is 15.6. The lowest BCUT2D eigenvalue weighted by Crippen LogP contribution is -2.41. The van der Waals surface area contributed by atoms with Gasteiger partial charge in [0.25, 0.3) is 0 Å². The van der Waals surface area contributed by atoms with Gasteiger partial charge in [-0.3, -0.25) is 0 Å². The van der Waals surface area contributed by atoms with E-state index in [1.807, 2.05) is 6.92 Å². The first-order chi connectivity index (χ1) is 9.29. The van der Waals surface area contributed by atoms with E-state index in [1.54, 1.807) is 13.0 Å². The molecule has 1 aromatic rings. The van der Waals surface area contributed by atoms with Gasteiger partial charge < -0.3 is 10.5 Å². The third-order valence-electron chi connectivity index (χ3n) is 3.39. The zero-order valence-electron chi connectivity index (χ0n) is 11.5. The summed E-state index contributed by atoms with van der Waals surface area (Å²) in [6.45, 7) is 4.20. The molecule has 0 amide bonds. The number of rotatable bonds is 3. The van der Waals surface area contributed by atoms with E-state index >= 15 is 0 Å². The van der Waals surface area contributed by atoms with E-state index in [2.05, 4.69) is 4.72 Å². The molecule has 1 fully saturated rings. The lowest BCUT2D eigenvalue weighted by atomic mass is 10.1. The molecule has 2 unspecified atom stereocenters. The van der Waals surface area contributed by atoms with Crippen LogP contribution in [0.1, 0.15) is 25.3 Å². The number of sulfonamides is 1. The summed E-state index contributed by atoms with van der Waals surface area (Å²) in [6, 6.07) is 2.86. The quantitative estimate of drug-likeness (QED) is 0.836. The molecule has 1 aromatic carbocycles. The maximum absolute atomic E-state index is 12.4. The normalized spacial score (nSPS) is 23.8. The highest BCUT2D eigenvalue weighted by Gasteiger charge is 2.26. The summed E-state index contributed by atoms with van der Waals surface area (Å²) in [6.07, 6.45) is 1.40. The molecule has 3 N–H and O–H groups in total. The fourth-order valence-electron chi connectivity index (χ4n) is 2.35. The van der Waals surface area contributed by atoms with Gasteiger partial charge in [-0.25, -0.2) is 13.1 Å². The van der Waals surface area contributed by atoms with Crippen molar-refractivity contribution in [1.82, 2.24) is 4.72 Å². The molecule has 20 heavy (non-hydrogen) atoms. The molecule has 2 atom stereocenters. The third kappa shape index (κ3) is 3.44. The van der Waals surface area contributed by atoms with Crippen molar-refractivity contribution in [2.45, 2.75) is 43.7 Å². The fourth-order valence-corrected chi connectivity index (χ4v) is 4.11. The van der Waals surface area contributed by atoms with Gasteiger partial charge in [-0.2, -0.15) is 0 Å². The van der Waals surface area contributed by atoms with E-state index in [0.29, 0.717) is 30.0 Å². The van der Waals surface area contributed by atoms with Gasteiger partial charge in [-0.05, 0) is 44.4 Å². The van der Waals surface area contributed by atoms with Gasteiger partial charge in [0.15, 0.2) is 0 Å².